The molecule has 1 aliphatic heterocycles. The van der Waals surface area contributed by atoms with Crippen molar-refractivity contribution in [3.63, 3.8) is 0 Å². The molecule has 1 saturated carbocycles. The molecule has 3 rings (SSSR count). The molecule has 1 fully saturated rings. The number of hydrogen-bond acceptors (Lipinski definition) is 3. The molecule has 3 nitrogen and oxygen atoms in total. The summed E-state index contributed by atoms with van der Waals surface area (Å²) in [6.07, 6.45) is 6.27. The molecular formula is C16H21NO2. The summed E-state index contributed by atoms with van der Waals surface area (Å²) in [6.45, 7) is 0.781. The van der Waals surface area contributed by atoms with Crippen LogP contribution in [-0.2, 0) is 17.6 Å². The van der Waals surface area contributed by atoms with Gasteiger partial charge in [0.1, 0.15) is 5.75 Å². The van der Waals surface area contributed by atoms with E-state index >= 15 is 0 Å². The molecule has 0 saturated heterocycles. The van der Waals surface area contributed by atoms with Crippen molar-refractivity contribution in [2.75, 3.05) is 6.61 Å². The Hall–Kier alpha value is -1.35. The SMILES string of the molecule is NC1(C(=O)CCc2ccc3c(c2)CCO3)CCCC1. The predicted octanol–water partition coefficient (Wildman–Crippen LogP) is 2.39. The van der Waals surface area contributed by atoms with Crippen molar-refractivity contribution in [1.82, 2.24) is 0 Å². The maximum atomic E-state index is 12.2. The fourth-order valence-corrected chi connectivity index (χ4v) is 3.19. The van der Waals surface area contributed by atoms with Crippen LogP contribution in [0, 0.1) is 0 Å². The van der Waals surface area contributed by atoms with Crippen LogP contribution in [0.4, 0.5) is 0 Å². The van der Waals surface area contributed by atoms with Gasteiger partial charge in [-0.05, 0) is 36.5 Å². The summed E-state index contributed by atoms with van der Waals surface area (Å²) in [5.74, 6) is 1.24. The van der Waals surface area contributed by atoms with Crippen molar-refractivity contribution in [2.24, 2.45) is 5.73 Å². The maximum Gasteiger partial charge on any atom is 0.152 e. The minimum Gasteiger partial charge on any atom is -0.493 e. The molecule has 1 aromatic carbocycles. The molecular weight excluding hydrogens is 238 g/mol. The molecule has 0 aromatic heterocycles. The number of hydrogen-bond donors (Lipinski definition) is 1. The van der Waals surface area contributed by atoms with Gasteiger partial charge >= 0.3 is 0 Å². The van der Waals surface area contributed by atoms with Gasteiger partial charge in [0.2, 0.25) is 0 Å². The van der Waals surface area contributed by atoms with Crippen LogP contribution in [-0.4, -0.2) is 17.9 Å². The molecule has 2 aliphatic rings. The van der Waals surface area contributed by atoms with Gasteiger partial charge < -0.3 is 10.5 Å². The topological polar surface area (TPSA) is 52.3 Å². The Morgan fingerprint density at radius 1 is 1.32 bits per heavy atom. The summed E-state index contributed by atoms with van der Waals surface area (Å²) in [5, 5.41) is 0. The Bertz CT molecular complexity index is 490. The third-order valence-electron chi connectivity index (χ3n) is 4.45. The minimum absolute atomic E-state index is 0.238. The largest absolute Gasteiger partial charge is 0.493 e. The molecule has 1 aromatic rings. The second-order valence-corrected chi connectivity index (χ2v) is 5.83. The van der Waals surface area contributed by atoms with E-state index in [1.54, 1.807) is 0 Å². The van der Waals surface area contributed by atoms with Crippen LogP contribution in [0.3, 0.4) is 0 Å². The zero-order chi connectivity index (χ0) is 13.3. The number of fused-ring (bicyclic) bond motifs is 1. The van der Waals surface area contributed by atoms with E-state index in [0.29, 0.717) is 6.42 Å². The lowest BCUT2D eigenvalue weighted by atomic mass is 9.89. The molecule has 0 amide bonds. The van der Waals surface area contributed by atoms with Crippen LogP contribution in [0.15, 0.2) is 18.2 Å². The van der Waals surface area contributed by atoms with Gasteiger partial charge in [0.25, 0.3) is 0 Å². The van der Waals surface area contributed by atoms with E-state index in [0.717, 1.165) is 50.9 Å². The Kier molecular flexibility index (Phi) is 3.31. The molecule has 2 N–H and O–H groups in total. The Morgan fingerprint density at radius 2 is 2.11 bits per heavy atom. The van der Waals surface area contributed by atoms with Gasteiger partial charge in [-0.2, -0.15) is 0 Å². The maximum absolute atomic E-state index is 12.2. The van der Waals surface area contributed by atoms with Gasteiger partial charge in [0, 0.05) is 12.8 Å². The highest BCUT2D eigenvalue weighted by Crippen LogP contribution is 2.30. The lowest BCUT2D eigenvalue weighted by Gasteiger charge is -2.21. The van der Waals surface area contributed by atoms with Crippen LogP contribution in [0.25, 0.3) is 0 Å². The van der Waals surface area contributed by atoms with Crippen molar-refractivity contribution in [3.8, 4) is 5.75 Å². The molecule has 0 spiro atoms. The summed E-state index contributed by atoms with van der Waals surface area (Å²) in [7, 11) is 0. The lowest BCUT2D eigenvalue weighted by molar-refractivity contribution is -0.124. The Labute approximate surface area is 114 Å². The number of rotatable bonds is 4. The van der Waals surface area contributed by atoms with Gasteiger partial charge in [0.05, 0.1) is 12.1 Å². The average molecular weight is 259 g/mol. The third-order valence-corrected chi connectivity index (χ3v) is 4.45. The molecule has 102 valence electrons. The standard InChI is InChI=1S/C16H21NO2/c17-16(8-1-2-9-16)15(18)6-4-12-3-5-14-13(11-12)7-10-19-14/h3,5,11H,1-2,4,6-10,17H2. The van der Waals surface area contributed by atoms with E-state index in [9.17, 15) is 4.79 Å². The first-order chi connectivity index (χ1) is 9.17. The number of Topliss-reactive ketones (excluding diaryl/α,β-unsaturated/α-hetero) is 1. The van der Waals surface area contributed by atoms with Gasteiger partial charge in [-0.3, -0.25) is 4.79 Å². The highest BCUT2D eigenvalue weighted by molar-refractivity contribution is 5.88. The highest BCUT2D eigenvalue weighted by atomic mass is 16.5. The van der Waals surface area contributed by atoms with Gasteiger partial charge in [0.15, 0.2) is 5.78 Å². The van der Waals surface area contributed by atoms with E-state index in [1.165, 1.54) is 11.1 Å². The molecule has 3 heteroatoms. The molecule has 0 atom stereocenters. The van der Waals surface area contributed by atoms with E-state index in [-0.39, 0.29) is 5.78 Å². The van der Waals surface area contributed by atoms with Gasteiger partial charge in [-0.1, -0.05) is 25.0 Å². The first kappa shape index (κ1) is 12.7. The van der Waals surface area contributed by atoms with Crippen LogP contribution in [0.5, 0.6) is 5.75 Å². The van der Waals surface area contributed by atoms with E-state index in [2.05, 4.69) is 12.1 Å². The Balaban J connectivity index is 1.61. The van der Waals surface area contributed by atoms with Crippen molar-refractivity contribution in [2.45, 2.75) is 50.5 Å². The monoisotopic (exact) mass is 259 g/mol. The summed E-state index contributed by atoms with van der Waals surface area (Å²) < 4.78 is 5.49. The van der Waals surface area contributed by atoms with E-state index < -0.39 is 5.54 Å². The van der Waals surface area contributed by atoms with Crippen molar-refractivity contribution >= 4 is 5.78 Å². The molecule has 1 aliphatic carbocycles. The zero-order valence-electron chi connectivity index (χ0n) is 11.3. The number of benzene rings is 1. The summed E-state index contributed by atoms with van der Waals surface area (Å²) in [5.41, 5.74) is 8.15. The number of carbonyl (C=O) groups is 1. The quantitative estimate of drug-likeness (QED) is 0.903. The number of ether oxygens (including phenoxy) is 1. The molecule has 0 unspecified atom stereocenters. The third kappa shape index (κ3) is 2.52. The van der Waals surface area contributed by atoms with E-state index in [4.69, 9.17) is 10.5 Å². The minimum atomic E-state index is -0.528. The normalized spacial score (nSPS) is 20.1. The van der Waals surface area contributed by atoms with Crippen molar-refractivity contribution in [1.29, 1.82) is 0 Å². The molecule has 0 radical (unpaired) electrons. The van der Waals surface area contributed by atoms with Crippen LogP contribution in [0.2, 0.25) is 0 Å². The first-order valence-electron chi connectivity index (χ1n) is 7.24. The summed E-state index contributed by atoms with van der Waals surface area (Å²) in [4.78, 5) is 12.2. The number of nitrogens with two attached hydrogens (primary N) is 1. The Morgan fingerprint density at radius 3 is 2.89 bits per heavy atom. The predicted molar refractivity (Wildman–Crippen MR) is 74.4 cm³/mol. The van der Waals surface area contributed by atoms with E-state index in [1.807, 2.05) is 6.07 Å². The van der Waals surface area contributed by atoms with Crippen molar-refractivity contribution < 1.29 is 9.53 Å². The highest BCUT2D eigenvalue weighted by Gasteiger charge is 2.35. The van der Waals surface area contributed by atoms with Crippen LogP contribution < -0.4 is 10.5 Å². The number of carbonyl (C=O) groups excluding carboxylic acids is 1. The second kappa shape index (κ2) is 4.97. The van der Waals surface area contributed by atoms with Crippen LogP contribution in [0.1, 0.15) is 43.2 Å². The van der Waals surface area contributed by atoms with Gasteiger partial charge in [-0.15, -0.1) is 0 Å². The average Bonchev–Trinajstić information content (AvgIpc) is 3.04. The number of aryl methyl sites for hydroxylation is 1. The molecule has 0 bridgehead atoms. The fraction of sp³-hybridized carbons (Fsp3) is 0.562. The summed E-state index contributed by atoms with van der Waals surface area (Å²) >= 11 is 0. The first-order valence-corrected chi connectivity index (χ1v) is 7.24. The lowest BCUT2D eigenvalue weighted by Crippen LogP contribution is -2.45. The summed E-state index contributed by atoms with van der Waals surface area (Å²) in [6, 6.07) is 6.26. The van der Waals surface area contributed by atoms with Crippen LogP contribution >= 0.6 is 0 Å². The smallest absolute Gasteiger partial charge is 0.152 e. The molecule has 1 heterocycles. The zero-order valence-corrected chi connectivity index (χ0v) is 11.3. The van der Waals surface area contributed by atoms with Gasteiger partial charge in [-0.25, -0.2) is 0 Å². The fourth-order valence-electron chi connectivity index (χ4n) is 3.19. The number of ketones is 1. The second-order valence-electron chi connectivity index (χ2n) is 5.83. The molecule has 19 heavy (non-hydrogen) atoms. The van der Waals surface area contributed by atoms with Crippen molar-refractivity contribution in [3.05, 3.63) is 29.3 Å².